The first kappa shape index (κ1) is 15.5. The van der Waals surface area contributed by atoms with Crippen molar-refractivity contribution in [2.75, 3.05) is 37.6 Å². The summed E-state index contributed by atoms with van der Waals surface area (Å²) in [6.07, 6.45) is 0. The fraction of sp³-hybridized carbons (Fsp3) is 0.500. The average molecular weight is 266 g/mol. The SMILES string of the molecule is CCOCC(C)Nc1cccc(NC(=O)COC)c1. The lowest BCUT2D eigenvalue weighted by atomic mass is 10.2. The lowest BCUT2D eigenvalue weighted by Crippen LogP contribution is -2.22. The maximum atomic E-state index is 11.4. The molecule has 0 aliphatic carbocycles. The molecule has 1 aromatic rings. The van der Waals surface area contributed by atoms with Gasteiger partial charge in [-0.2, -0.15) is 0 Å². The molecule has 0 aromatic heterocycles. The topological polar surface area (TPSA) is 59.6 Å². The molecule has 0 saturated carbocycles. The monoisotopic (exact) mass is 266 g/mol. The Balaban J connectivity index is 2.54. The number of ether oxygens (including phenoxy) is 2. The van der Waals surface area contributed by atoms with Gasteiger partial charge in [0.1, 0.15) is 6.61 Å². The Morgan fingerprint density at radius 2 is 2.11 bits per heavy atom. The Morgan fingerprint density at radius 1 is 1.37 bits per heavy atom. The molecule has 0 heterocycles. The highest BCUT2D eigenvalue weighted by molar-refractivity contribution is 5.92. The van der Waals surface area contributed by atoms with Gasteiger partial charge in [-0.05, 0) is 32.0 Å². The number of benzene rings is 1. The molecule has 106 valence electrons. The lowest BCUT2D eigenvalue weighted by molar-refractivity contribution is -0.119. The molecule has 0 fully saturated rings. The van der Waals surface area contributed by atoms with Crippen molar-refractivity contribution in [2.45, 2.75) is 19.9 Å². The van der Waals surface area contributed by atoms with Crippen molar-refractivity contribution < 1.29 is 14.3 Å². The third-order valence-electron chi connectivity index (χ3n) is 2.41. The van der Waals surface area contributed by atoms with E-state index in [9.17, 15) is 4.79 Å². The summed E-state index contributed by atoms with van der Waals surface area (Å²) in [5, 5.41) is 6.08. The Bertz CT molecular complexity index is 396. The van der Waals surface area contributed by atoms with Crippen LogP contribution in [0.4, 0.5) is 11.4 Å². The number of nitrogens with one attached hydrogen (secondary N) is 2. The normalized spacial score (nSPS) is 11.9. The molecule has 1 amide bonds. The van der Waals surface area contributed by atoms with Gasteiger partial charge in [-0.3, -0.25) is 4.79 Å². The predicted molar refractivity (Wildman–Crippen MR) is 76.5 cm³/mol. The van der Waals surface area contributed by atoms with E-state index in [0.717, 1.165) is 11.4 Å². The van der Waals surface area contributed by atoms with Gasteiger partial charge in [0.25, 0.3) is 0 Å². The van der Waals surface area contributed by atoms with Gasteiger partial charge in [-0.15, -0.1) is 0 Å². The molecule has 0 spiro atoms. The number of methoxy groups -OCH3 is 1. The van der Waals surface area contributed by atoms with Crippen molar-refractivity contribution in [3.05, 3.63) is 24.3 Å². The van der Waals surface area contributed by atoms with Crippen LogP contribution in [-0.4, -0.2) is 38.9 Å². The summed E-state index contributed by atoms with van der Waals surface area (Å²) in [4.78, 5) is 11.4. The van der Waals surface area contributed by atoms with E-state index >= 15 is 0 Å². The Kier molecular flexibility index (Phi) is 6.92. The molecule has 5 nitrogen and oxygen atoms in total. The maximum absolute atomic E-state index is 11.4. The van der Waals surface area contributed by atoms with Crippen LogP contribution < -0.4 is 10.6 Å². The van der Waals surface area contributed by atoms with Crippen molar-refractivity contribution in [1.82, 2.24) is 0 Å². The molecule has 0 bridgehead atoms. The zero-order chi connectivity index (χ0) is 14.1. The molecule has 1 atom stereocenters. The summed E-state index contributed by atoms with van der Waals surface area (Å²) < 4.78 is 10.1. The maximum Gasteiger partial charge on any atom is 0.250 e. The van der Waals surface area contributed by atoms with E-state index < -0.39 is 0 Å². The fourth-order valence-electron chi connectivity index (χ4n) is 1.64. The van der Waals surface area contributed by atoms with Crippen LogP contribution >= 0.6 is 0 Å². The number of amides is 1. The predicted octanol–water partition coefficient (Wildman–Crippen LogP) is 2.11. The van der Waals surface area contributed by atoms with Gasteiger partial charge in [-0.1, -0.05) is 6.07 Å². The number of hydrogen-bond acceptors (Lipinski definition) is 4. The van der Waals surface area contributed by atoms with Crippen molar-refractivity contribution >= 4 is 17.3 Å². The lowest BCUT2D eigenvalue weighted by Gasteiger charge is -2.15. The van der Waals surface area contributed by atoms with Crippen LogP contribution in [-0.2, 0) is 14.3 Å². The van der Waals surface area contributed by atoms with E-state index in [2.05, 4.69) is 10.6 Å². The van der Waals surface area contributed by atoms with Crippen molar-refractivity contribution in [1.29, 1.82) is 0 Å². The standard InChI is InChI=1S/C14H22N2O3/c1-4-19-9-11(2)15-12-6-5-7-13(8-12)16-14(17)10-18-3/h5-8,11,15H,4,9-10H2,1-3H3,(H,16,17). The Hall–Kier alpha value is -1.59. The second-order valence-corrected chi connectivity index (χ2v) is 4.27. The first-order valence-corrected chi connectivity index (χ1v) is 6.38. The van der Waals surface area contributed by atoms with Crippen LogP contribution in [0.25, 0.3) is 0 Å². The highest BCUT2D eigenvalue weighted by Gasteiger charge is 2.04. The van der Waals surface area contributed by atoms with Gasteiger partial charge >= 0.3 is 0 Å². The molecule has 0 aliphatic heterocycles. The van der Waals surface area contributed by atoms with Crippen LogP contribution in [0.2, 0.25) is 0 Å². The first-order chi connectivity index (χ1) is 9.15. The highest BCUT2D eigenvalue weighted by Crippen LogP contribution is 2.16. The van der Waals surface area contributed by atoms with Gasteiger partial charge in [0, 0.05) is 31.1 Å². The number of rotatable bonds is 8. The van der Waals surface area contributed by atoms with Crippen molar-refractivity contribution in [2.24, 2.45) is 0 Å². The minimum Gasteiger partial charge on any atom is -0.380 e. The van der Waals surface area contributed by atoms with Crippen LogP contribution in [0, 0.1) is 0 Å². The minimum absolute atomic E-state index is 0.0540. The average Bonchev–Trinajstić information content (AvgIpc) is 2.37. The molecule has 19 heavy (non-hydrogen) atoms. The molecule has 1 unspecified atom stereocenters. The number of hydrogen-bond donors (Lipinski definition) is 2. The summed E-state index contributed by atoms with van der Waals surface area (Å²) >= 11 is 0. The quantitative estimate of drug-likeness (QED) is 0.756. The molecule has 0 saturated heterocycles. The van der Waals surface area contributed by atoms with Crippen molar-refractivity contribution in [3.8, 4) is 0 Å². The Morgan fingerprint density at radius 3 is 2.79 bits per heavy atom. The molecule has 1 rings (SSSR count). The number of carbonyl (C=O) groups excluding carboxylic acids is 1. The first-order valence-electron chi connectivity index (χ1n) is 6.38. The molecule has 0 aliphatic rings. The zero-order valence-electron chi connectivity index (χ0n) is 11.7. The number of anilines is 2. The summed E-state index contributed by atoms with van der Waals surface area (Å²) in [6.45, 7) is 5.43. The largest absolute Gasteiger partial charge is 0.380 e. The van der Waals surface area contributed by atoms with E-state index in [4.69, 9.17) is 9.47 Å². The molecule has 0 radical (unpaired) electrons. The van der Waals surface area contributed by atoms with E-state index in [-0.39, 0.29) is 18.6 Å². The third-order valence-corrected chi connectivity index (χ3v) is 2.41. The molecule has 2 N–H and O–H groups in total. The zero-order valence-corrected chi connectivity index (χ0v) is 11.7. The molecule has 5 heteroatoms. The minimum atomic E-state index is -0.165. The summed E-state index contributed by atoms with van der Waals surface area (Å²) in [6, 6.07) is 7.78. The third kappa shape index (κ3) is 6.22. The van der Waals surface area contributed by atoms with Crippen LogP contribution in [0.15, 0.2) is 24.3 Å². The summed E-state index contributed by atoms with van der Waals surface area (Å²) in [5.74, 6) is -0.165. The second kappa shape index (κ2) is 8.50. The van der Waals surface area contributed by atoms with Crippen LogP contribution in [0.1, 0.15) is 13.8 Å². The summed E-state index contributed by atoms with van der Waals surface area (Å²) in [7, 11) is 1.49. The molecular weight excluding hydrogens is 244 g/mol. The van der Waals surface area contributed by atoms with E-state index in [1.165, 1.54) is 7.11 Å². The Labute approximate surface area is 114 Å². The van der Waals surface area contributed by atoms with Gasteiger partial charge in [0.05, 0.1) is 6.61 Å². The van der Waals surface area contributed by atoms with Gasteiger partial charge in [0.2, 0.25) is 5.91 Å². The number of carbonyl (C=O) groups is 1. The van der Waals surface area contributed by atoms with Gasteiger partial charge < -0.3 is 20.1 Å². The second-order valence-electron chi connectivity index (χ2n) is 4.27. The van der Waals surface area contributed by atoms with Crippen LogP contribution in [0.5, 0.6) is 0 Å². The van der Waals surface area contributed by atoms with Crippen molar-refractivity contribution in [3.63, 3.8) is 0 Å². The van der Waals surface area contributed by atoms with E-state index in [1.54, 1.807) is 0 Å². The fourth-order valence-corrected chi connectivity index (χ4v) is 1.64. The summed E-state index contributed by atoms with van der Waals surface area (Å²) in [5.41, 5.74) is 1.69. The smallest absolute Gasteiger partial charge is 0.250 e. The van der Waals surface area contributed by atoms with E-state index in [0.29, 0.717) is 13.2 Å². The van der Waals surface area contributed by atoms with Gasteiger partial charge in [0.15, 0.2) is 0 Å². The van der Waals surface area contributed by atoms with Gasteiger partial charge in [-0.25, -0.2) is 0 Å². The highest BCUT2D eigenvalue weighted by atomic mass is 16.5. The van der Waals surface area contributed by atoms with Crippen LogP contribution in [0.3, 0.4) is 0 Å². The molecular formula is C14H22N2O3. The van der Waals surface area contributed by atoms with E-state index in [1.807, 2.05) is 38.1 Å². The molecule has 1 aromatic carbocycles.